The van der Waals surface area contributed by atoms with Crippen molar-refractivity contribution in [2.45, 2.75) is 6.18 Å². The Morgan fingerprint density at radius 1 is 1.00 bits per heavy atom. The molecule has 1 aromatic heterocycles. The van der Waals surface area contributed by atoms with Crippen LogP contribution in [0.4, 0.5) is 13.2 Å². The molecule has 0 saturated carbocycles. The fourth-order valence-corrected chi connectivity index (χ4v) is 2.53. The Hall–Kier alpha value is -2.21. The van der Waals surface area contributed by atoms with Crippen molar-refractivity contribution in [3.8, 4) is 11.1 Å². The molecule has 0 radical (unpaired) electrons. The molecule has 0 saturated heterocycles. The van der Waals surface area contributed by atoms with E-state index in [0.29, 0.717) is 11.0 Å². The molecule has 0 atom stereocenters. The van der Waals surface area contributed by atoms with Gasteiger partial charge in [0, 0.05) is 10.6 Å². The standard InChI is InChI=1S/C14H8ClF3N2O/c15-9-3-1-2-8(14(16,17)18)12(9)7-4-5-10-11(6-7)20-13(21)19-10/h1-6H,(H2,19,20,21). The van der Waals surface area contributed by atoms with E-state index in [4.69, 9.17) is 11.6 Å². The predicted molar refractivity (Wildman–Crippen MR) is 74.4 cm³/mol. The Morgan fingerprint density at radius 2 is 1.71 bits per heavy atom. The monoisotopic (exact) mass is 312 g/mol. The molecular formula is C14H8ClF3N2O. The highest BCUT2D eigenvalue weighted by atomic mass is 35.5. The molecule has 0 fully saturated rings. The van der Waals surface area contributed by atoms with Crippen molar-refractivity contribution in [2.75, 3.05) is 0 Å². The van der Waals surface area contributed by atoms with Crippen LogP contribution in [0.5, 0.6) is 0 Å². The maximum absolute atomic E-state index is 13.1. The molecule has 0 aliphatic heterocycles. The van der Waals surface area contributed by atoms with Crippen LogP contribution in [-0.4, -0.2) is 9.97 Å². The third kappa shape index (κ3) is 2.42. The molecule has 3 rings (SSSR count). The quantitative estimate of drug-likeness (QED) is 0.695. The third-order valence-electron chi connectivity index (χ3n) is 3.12. The average molecular weight is 313 g/mol. The maximum atomic E-state index is 13.1. The molecule has 0 aliphatic rings. The highest BCUT2D eigenvalue weighted by molar-refractivity contribution is 6.33. The molecule has 108 valence electrons. The lowest BCUT2D eigenvalue weighted by molar-refractivity contribution is -0.137. The van der Waals surface area contributed by atoms with Gasteiger partial charge in [-0.15, -0.1) is 0 Å². The first-order chi connectivity index (χ1) is 9.86. The van der Waals surface area contributed by atoms with Gasteiger partial charge in [-0.05, 0) is 29.8 Å². The first kappa shape index (κ1) is 13.8. The van der Waals surface area contributed by atoms with Gasteiger partial charge in [0.15, 0.2) is 0 Å². The van der Waals surface area contributed by atoms with E-state index in [1.807, 2.05) is 0 Å². The summed E-state index contributed by atoms with van der Waals surface area (Å²) in [5.74, 6) is 0. The lowest BCUT2D eigenvalue weighted by Gasteiger charge is -2.14. The highest BCUT2D eigenvalue weighted by Crippen LogP contribution is 2.41. The number of halogens is 4. The number of aromatic amines is 2. The molecule has 7 heteroatoms. The Bertz CT molecular complexity index is 880. The van der Waals surface area contributed by atoms with Gasteiger partial charge >= 0.3 is 11.9 Å². The van der Waals surface area contributed by atoms with Crippen LogP contribution in [0.2, 0.25) is 5.02 Å². The lowest BCUT2D eigenvalue weighted by Crippen LogP contribution is -2.07. The van der Waals surface area contributed by atoms with Crippen LogP contribution in [0.1, 0.15) is 5.56 Å². The van der Waals surface area contributed by atoms with E-state index in [1.54, 1.807) is 0 Å². The van der Waals surface area contributed by atoms with E-state index in [1.165, 1.54) is 30.3 Å². The molecule has 1 heterocycles. The topological polar surface area (TPSA) is 48.6 Å². The van der Waals surface area contributed by atoms with E-state index in [2.05, 4.69) is 9.97 Å². The number of fused-ring (bicyclic) bond motifs is 1. The van der Waals surface area contributed by atoms with Crippen molar-refractivity contribution < 1.29 is 13.2 Å². The molecule has 0 bridgehead atoms. The first-order valence-corrected chi connectivity index (χ1v) is 6.32. The maximum Gasteiger partial charge on any atom is 0.417 e. The number of hydrogen-bond acceptors (Lipinski definition) is 1. The summed E-state index contributed by atoms with van der Waals surface area (Å²) in [5, 5.41) is 0.00191. The van der Waals surface area contributed by atoms with Crippen LogP contribution in [0.15, 0.2) is 41.2 Å². The van der Waals surface area contributed by atoms with E-state index < -0.39 is 17.4 Å². The van der Waals surface area contributed by atoms with Crippen LogP contribution in [0, 0.1) is 0 Å². The molecule has 2 aromatic carbocycles. The second-order valence-corrected chi connectivity index (χ2v) is 4.91. The molecule has 3 aromatic rings. The molecular weight excluding hydrogens is 305 g/mol. The van der Waals surface area contributed by atoms with Gasteiger partial charge in [-0.3, -0.25) is 0 Å². The summed E-state index contributed by atoms with van der Waals surface area (Å²) in [4.78, 5) is 16.3. The Labute approximate surface area is 121 Å². The Kier molecular flexibility index (Phi) is 3.06. The van der Waals surface area contributed by atoms with E-state index in [0.717, 1.165) is 6.07 Å². The van der Waals surface area contributed by atoms with Gasteiger partial charge in [0.1, 0.15) is 0 Å². The number of H-pyrrole nitrogens is 2. The van der Waals surface area contributed by atoms with Gasteiger partial charge in [0.25, 0.3) is 0 Å². The second kappa shape index (κ2) is 4.66. The molecule has 0 aliphatic carbocycles. The van der Waals surface area contributed by atoms with Crippen molar-refractivity contribution >= 4 is 22.6 Å². The number of imidazole rings is 1. The zero-order valence-corrected chi connectivity index (χ0v) is 11.1. The van der Waals surface area contributed by atoms with E-state index in [9.17, 15) is 18.0 Å². The van der Waals surface area contributed by atoms with Gasteiger partial charge in [-0.25, -0.2) is 4.79 Å². The van der Waals surface area contributed by atoms with Crippen molar-refractivity contribution in [3.63, 3.8) is 0 Å². The van der Waals surface area contributed by atoms with Gasteiger partial charge in [0.05, 0.1) is 16.6 Å². The van der Waals surface area contributed by atoms with Gasteiger partial charge in [-0.1, -0.05) is 23.7 Å². The van der Waals surface area contributed by atoms with Gasteiger partial charge < -0.3 is 9.97 Å². The first-order valence-electron chi connectivity index (χ1n) is 5.94. The summed E-state index contributed by atoms with van der Waals surface area (Å²) in [6, 6.07) is 8.12. The van der Waals surface area contributed by atoms with Crippen LogP contribution >= 0.6 is 11.6 Å². The van der Waals surface area contributed by atoms with Crippen molar-refractivity contribution in [2.24, 2.45) is 0 Å². The smallest absolute Gasteiger partial charge is 0.306 e. The van der Waals surface area contributed by atoms with Crippen molar-refractivity contribution in [1.29, 1.82) is 0 Å². The molecule has 2 N–H and O–H groups in total. The number of hydrogen-bond donors (Lipinski definition) is 2. The van der Waals surface area contributed by atoms with Crippen molar-refractivity contribution in [3.05, 3.63) is 57.5 Å². The minimum Gasteiger partial charge on any atom is -0.306 e. The normalized spacial score (nSPS) is 12.0. The minimum atomic E-state index is -4.51. The lowest BCUT2D eigenvalue weighted by atomic mass is 9.99. The summed E-state index contributed by atoms with van der Waals surface area (Å²) in [5.41, 5.74) is -0.106. The Balaban J connectivity index is 2.29. The van der Waals surface area contributed by atoms with Crippen LogP contribution < -0.4 is 5.69 Å². The molecule has 3 nitrogen and oxygen atoms in total. The van der Waals surface area contributed by atoms with Gasteiger partial charge in [-0.2, -0.15) is 13.2 Å². The van der Waals surface area contributed by atoms with Crippen LogP contribution in [-0.2, 0) is 6.18 Å². The molecule has 0 unspecified atom stereocenters. The predicted octanol–water partition coefficient (Wildman–Crippen LogP) is 4.20. The summed E-state index contributed by atoms with van der Waals surface area (Å²) in [6.45, 7) is 0. The third-order valence-corrected chi connectivity index (χ3v) is 3.44. The number of alkyl halides is 3. The van der Waals surface area contributed by atoms with Crippen LogP contribution in [0.25, 0.3) is 22.2 Å². The number of benzene rings is 2. The second-order valence-electron chi connectivity index (χ2n) is 4.50. The molecule has 0 spiro atoms. The minimum absolute atomic E-state index is 0.00191. The largest absolute Gasteiger partial charge is 0.417 e. The Morgan fingerprint density at radius 3 is 2.43 bits per heavy atom. The number of rotatable bonds is 1. The number of nitrogens with one attached hydrogen (secondary N) is 2. The molecule has 21 heavy (non-hydrogen) atoms. The van der Waals surface area contributed by atoms with Crippen LogP contribution in [0.3, 0.4) is 0 Å². The SMILES string of the molecule is O=c1[nH]c2ccc(-c3c(Cl)cccc3C(F)(F)F)cc2[nH]1. The number of aromatic nitrogens is 2. The van der Waals surface area contributed by atoms with Gasteiger partial charge in [0.2, 0.25) is 0 Å². The van der Waals surface area contributed by atoms with E-state index >= 15 is 0 Å². The fraction of sp³-hybridized carbons (Fsp3) is 0.0714. The molecule has 0 amide bonds. The highest BCUT2D eigenvalue weighted by Gasteiger charge is 2.34. The van der Waals surface area contributed by atoms with E-state index in [-0.39, 0.29) is 16.1 Å². The zero-order chi connectivity index (χ0) is 15.2. The zero-order valence-electron chi connectivity index (χ0n) is 10.4. The summed E-state index contributed by atoms with van der Waals surface area (Å²) >= 11 is 5.95. The summed E-state index contributed by atoms with van der Waals surface area (Å²) < 4.78 is 39.3. The summed E-state index contributed by atoms with van der Waals surface area (Å²) in [6.07, 6.45) is -4.51. The van der Waals surface area contributed by atoms with Crippen molar-refractivity contribution in [1.82, 2.24) is 9.97 Å². The fourth-order valence-electron chi connectivity index (χ4n) is 2.24. The summed E-state index contributed by atoms with van der Waals surface area (Å²) in [7, 11) is 0. The average Bonchev–Trinajstić information content (AvgIpc) is 2.76.